The Morgan fingerprint density at radius 1 is 1.73 bits per heavy atom. The van der Waals surface area contributed by atoms with Crippen molar-refractivity contribution in [1.82, 2.24) is 10.2 Å². The summed E-state index contributed by atoms with van der Waals surface area (Å²) < 4.78 is 0. The van der Waals surface area contributed by atoms with Crippen LogP contribution in [-0.2, 0) is 4.79 Å². The van der Waals surface area contributed by atoms with Gasteiger partial charge in [-0.2, -0.15) is 0 Å². The van der Waals surface area contributed by atoms with Crippen LogP contribution in [0.25, 0.3) is 0 Å². The molecule has 0 bridgehead atoms. The van der Waals surface area contributed by atoms with E-state index in [1.165, 1.54) is 0 Å². The van der Waals surface area contributed by atoms with Gasteiger partial charge in [-0.25, -0.2) is 4.79 Å². The van der Waals surface area contributed by atoms with Crippen molar-refractivity contribution >= 4 is 11.9 Å². The molecular formula is C10H17N3O2. The van der Waals surface area contributed by atoms with Crippen molar-refractivity contribution in [3.8, 4) is 0 Å². The molecule has 3 amide bonds. The number of nitrogens with zero attached hydrogens (tertiary/aromatic N) is 1. The molecule has 5 nitrogen and oxygen atoms in total. The lowest BCUT2D eigenvalue weighted by atomic mass is 10.1. The van der Waals surface area contributed by atoms with E-state index in [1.807, 2.05) is 6.92 Å². The minimum absolute atomic E-state index is 0.0346. The summed E-state index contributed by atoms with van der Waals surface area (Å²) in [5, 5.41) is 2.74. The number of amides is 3. The highest BCUT2D eigenvalue weighted by Gasteiger charge is 2.23. The molecule has 0 aromatic rings. The zero-order valence-corrected chi connectivity index (χ0v) is 9.12. The molecule has 0 aromatic carbocycles. The Morgan fingerprint density at radius 3 is 2.87 bits per heavy atom. The monoisotopic (exact) mass is 211 g/mol. The van der Waals surface area contributed by atoms with Crippen LogP contribution in [0.15, 0.2) is 11.6 Å². The van der Waals surface area contributed by atoms with E-state index in [1.54, 1.807) is 17.9 Å². The standard InChI is InChI=1S/C10H17N3O2/c1-7(9(11)14)3-4-8(2)13-6-5-12-10(13)15/h3,8H,4-6H2,1-2H3,(H2,11,14)(H,12,15)/b7-3+. The Balaban J connectivity index is 2.48. The molecule has 84 valence electrons. The van der Waals surface area contributed by atoms with Gasteiger partial charge in [0.1, 0.15) is 0 Å². The number of hydrogen-bond donors (Lipinski definition) is 2. The maximum absolute atomic E-state index is 11.3. The normalized spacial score (nSPS) is 18.9. The van der Waals surface area contributed by atoms with Crippen molar-refractivity contribution in [1.29, 1.82) is 0 Å². The van der Waals surface area contributed by atoms with Gasteiger partial charge in [0, 0.05) is 24.7 Å². The fourth-order valence-electron chi connectivity index (χ4n) is 1.48. The molecule has 0 aliphatic carbocycles. The predicted octanol–water partition coefficient (Wildman–Crippen LogP) is 0.222. The van der Waals surface area contributed by atoms with E-state index >= 15 is 0 Å². The largest absolute Gasteiger partial charge is 0.366 e. The van der Waals surface area contributed by atoms with Crippen LogP contribution >= 0.6 is 0 Å². The molecule has 1 unspecified atom stereocenters. The molecular weight excluding hydrogens is 194 g/mol. The number of carbonyl (C=O) groups excluding carboxylic acids is 2. The van der Waals surface area contributed by atoms with Gasteiger partial charge in [0.25, 0.3) is 0 Å². The zero-order chi connectivity index (χ0) is 11.4. The van der Waals surface area contributed by atoms with Gasteiger partial charge in [0.05, 0.1) is 0 Å². The van der Waals surface area contributed by atoms with E-state index < -0.39 is 5.91 Å². The Kier molecular flexibility index (Phi) is 3.71. The molecule has 1 heterocycles. The summed E-state index contributed by atoms with van der Waals surface area (Å²) in [5.41, 5.74) is 5.65. The van der Waals surface area contributed by atoms with Gasteiger partial charge in [0.15, 0.2) is 0 Å². The lowest BCUT2D eigenvalue weighted by Gasteiger charge is -2.21. The molecule has 15 heavy (non-hydrogen) atoms. The van der Waals surface area contributed by atoms with Gasteiger partial charge < -0.3 is 16.0 Å². The number of rotatable bonds is 4. The summed E-state index contributed by atoms with van der Waals surface area (Å²) >= 11 is 0. The Bertz CT molecular complexity index is 299. The topological polar surface area (TPSA) is 75.4 Å². The smallest absolute Gasteiger partial charge is 0.317 e. The maximum atomic E-state index is 11.3. The van der Waals surface area contributed by atoms with Crippen LogP contribution in [0.4, 0.5) is 4.79 Å². The second-order valence-electron chi connectivity index (χ2n) is 3.76. The summed E-state index contributed by atoms with van der Waals surface area (Å²) in [5.74, 6) is -0.409. The van der Waals surface area contributed by atoms with E-state index in [0.29, 0.717) is 18.5 Å². The Labute approximate surface area is 89.3 Å². The molecule has 0 aromatic heterocycles. The lowest BCUT2D eigenvalue weighted by Crippen LogP contribution is -2.35. The van der Waals surface area contributed by atoms with Crippen LogP contribution in [-0.4, -0.2) is 36.0 Å². The number of hydrogen-bond acceptors (Lipinski definition) is 2. The number of carbonyl (C=O) groups is 2. The first kappa shape index (κ1) is 11.6. The van der Waals surface area contributed by atoms with Gasteiger partial charge in [0.2, 0.25) is 5.91 Å². The van der Waals surface area contributed by atoms with Gasteiger partial charge in [-0.1, -0.05) is 6.08 Å². The van der Waals surface area contributed by atoms with E-state index in [9.17, 15) is 9.59 Å². The molecule has 0 spiro atoms. The quantitative estimate of drug-likeness (QED) is 0.653. The van der Waals surface area contributed by atoms with E-state index in [4.69, 9.17) is 5.73 Å². The number of nitrogens with two attached hydrogens (primary N) is 1. The van der Waals surface area contributed by atoms with Crippen LogP contribution in [0.2, 0.25) is 0 Å². The third-order valence-corrected chi connectivity index (χ3v) is 2.58. The second-order valence-corrected chi connectivity index (χ2v) is 3.76. The molecule has 1 aliphatic heterocycles. The van der Waals surface area contributed by atoms with Crippen molar-refractivity contribution in [2.75, 3.05) is 13.1 Å². The maximum Gasteiger partial charge on any atom is 0.317 e. The molecule has 1 fully saturated rings. The highest BCUT2D eigenvalue weighted by atomic mass is 16.2. The SMILES string of the molecule is C/C(=C\CC(C)N1CCNC1=O)C(N)=O. The summed E-state index contributed by atoms with van der Waals surface area (Å²) in [7, 11) is 0. The van der Waals surface area contributed by atoms with Crippen LogP contribution in [0.3, 0.4) is 0 Å². The van der Waals surface area contributed by atoms with Crippen molar-refractivity contribution < 1.29 is 9.59 Å². The summed E-state index contributed by atoms with van der Waals surface area (Å²) in [6.07, 6.45) is 2.43. The van der Waals surface area contributed by atoms with Crippen LogP contribution < -0.4 is 11.1 Å². The van der Waals surface area contributed by atoms with E-state index in [0.717, 1.165) is 6.54 Å². The summed E-state index contributed by atoms with van der Waals surface area (Å²) in [4.78, 5) is 23.8. The molecule has 1 rings (SSSR count). The summed E-state index contributed by atoms with van der Waals surface area (Å²) in [6, 6.07) is 0.0643. The van der Waals surface area contributed by atoms with Gasteiger partial charge >= 0.3 is 6.03 Å². The van der Waals surface area contributed by atoms with Crippen LogP contribution in [0.1, 0.15) is 20.3 Å². The van der Waals surface area contributed by atoms with E-state index in [-0.39, 0.29) is 12.1 Å². The fourth-order valence-corrected chi connectivity index (χ4v) is 1.48. The number of urea groups is 1. The first-order valence-electron chi connectivity index (χ1n) is 5.03. The van der Waals surface area contributed by atoms with Crippen LogP contribution in [0.5, 0.6) is 0 Å². The second kappa shape index (κ2) is 4.82. The van der Waals surface area contributed by atoms with Crippen molar-refractivity contribution in [3.05, 3.63) is 11.6 Å². The molecule has 5 heteroatoms. The minimum atomic E-state index is -0.409. The third kappa shape index (κ3) is 2.97. The number of nitrogens with one attached hydrogen (secondary N) is 1. The van der Waals surface area contributed by atoms with Gasteiger partial charge in [-0.3, -0.25) is 4.79 Å². The van der Waals surface area contributed by atoms with Crippen molar-refractivity contribution in [3.63, 3.8) is 0 Å². The third-order valence-electron chi connectivity index (χ3n) is 2.58. The van der Waals surface area contributed by atoms with Crippen molar-refractivity contribution in [2.24, 2.45) is 5.73 Å². The predicted molar refractivity (Wildman–Crippen MR) is 57.1 cm³/mol. The molecule has 1 saturated heterocycles. The first-order valence-corrected chi connectivity index (χ1v) is 5.03. The summed E-state index contributed by atoms with van der Waals surface area (Å²) in [6.45, 7) is 5.06. The van der Waals surface area contributed by atoms with Gasteiger partial charge in [-0.05, 0) is 20.3 Å². The number of primary amides is 1. The van der Waals surface area contributed by atoms with Crippen molar-refractivity contribution in [2.45, 2.75) is 26.3 Å². The highest BCUT2D eigenvalue weighted by Crippen LogP contribution is 2.09. The van der Waals surface area contributed by atoms with E-state index in [2.05, 4.69) is 5.32 Å². The minimum Gasteiger partial charge on any atom is -0.366 e. The zero-order valence-electron chi connectivity index (χ0n) is 9.12. The molecule has 3 N–H and O–H groups in total. The molecule has 0 radical (unpaired) electrons. The first-order chi connectivity index (χ1) is 7.02. The molecule has 0 saturated carbocycles. The van der Waals surface area contributed by atoms with Crippen LogP contribution in [0, 0.1) is 0 Å². The average Bonchev–Trinajstić information content (AvgIpc) is 2.60. The van der Waals surface area contributed by atoms with Gasteiger partial charge in [-0.15, -0.1) is 0 Å². The molecule has 1 atom stereocenters. The fraction of sp³-hybridized carbons (Fsp3) is 0.600. The Hall–Kier alpha value is -1.52. The lowest BCUT2D eigenvalue weighted by molar-refractivity contribution is -0.114. The average molecular weight is 211 g/mol. The Morgan fingerprint density at radius 2 is 2.40 bits per heavy atom. The highest BCUT2D eigenvalue weighted by molar-refractivity contribution is 5.91. The molecule has 1 aliphatic rings.